The number of hydrogen-bond acceptors (Lipinski definition) is 3. The van der Waals surface area contributed by atoms with Crippen LogP contribution in [0.3, 0.4) is 0 Å². The van der Waals surface area contributed by atoms with Gasteiger partial charge < -0.3 is 5.32 Å². The minimum absolute atomic E-state index is 0.743. The zero-order chi connectivity index (χ0) is 10.5. The maximum absolute atomic E-state index is 4.21. The first kappa shape index (κ1) is 10.6. The van der Waals surface area contributed by atoms with Gasteiger partial charge in [-0.15, -0.1) is 0 Å². The van der Waals surface area contributed by atoms with E-state index in [-0.39, 0.29) is 0 Å². The van der Waals surface area contributed by atoms with E-state index in [0.29, 0.717) is 0 Å². The molecule has 0 aliphatic heterocycles. The second-order valence-electron chi connectivity index (χ2n) is 4.34. The third-order valence-electron chi connectivity index (χ3n) is 3.19. The predicted octanol–water partition coefficient (Wildman–Crippen LogP) is 1.28. The van der Waals surface area contributed by atoms with Crippen molar-refractivity contribution in [1.82, 2.24) is 20.1 Å². The summed E-state index contributed by atoms with van der Waals surface area (Å²) in [6, 6.07) is 0.743. The zero-order valence-electron chi connectivity index (χ0n) is 9.45. The lowest BCUT2D eigenvalue weighted by Crippen LogP contribution is -2.32. The number of aromatic nitrogens is 3. The molecular weight excluding hydrogens is 188 g/mol. The first-order valence-electron chi connectivity index (χ1n) is 5.92. The minimum atomic E-state index is 0.743. The Balaban J connectivity index is 1.68. The molecule has 1 N–H and O–H groups in total. The lowest BCUT2D eigenvalue weighted by atomic mass is 9.95. The number of nitrogens with zero attached hydrogens (tertiary/aromatic N) is 3. The summed E-state index contributed by atoms with van der Waals surface area (Å²) >= 11 is 0. The average molecular weight is 208 g/mol. The molecule has 4 nitrogen and oxygen atoms in total. The monoisotopic (exact) mass is 208 g/mol. The molecular formula is C11H20N4. The Morgan fingerprint density at radius 1 is 1.40 bits per heavy atom. The van der Waals surface area contributed by atoms with Gasteiger partial charge in [-0.3, -0.25) is 4.68 Å². The van der Waals surface area contributed by atoms with Crippen molar-refractivity contribution in [2.45, 2.75) is 44.6 Å². The van der Waals surface area contributed by atoms with Crippen LogP contribution >= 0.6 is 0 Å². The Bertz CT molecular complexity index is 289. The quantitative estimate of drug-likeness (QED) is 0.810. The summed E-state index contributed by atoms with van der Waals surface area (Å²) in [4.78, 5) is 4.21. The highest BCUT2D eigenvalue weighted by atomic mass is 15.3. The molecule has 0 unspecified atom stereocenters. The van der Waals surface area contributed by atoms with Crippen LogP contribution in [0.5, 0.6) is 0 Å². The van der Waals surface area contributed by atoms with E-state index >= 15 is 0 Å². The van der Waals surface area contributed by atoms with Crippen molar-refractivity contribution in [3.8, 4) is 0 Å². The highest BCUT2D eigenvalue weighted by Gasteiger charge is 2.12. The molecule has 2 rings (SSSR count). The summed E-state index contributed by atoms with van der Waals surface area (Å²) in [7, 11) is 1.95. The molecule has 1 aliphatic rings. The lowest BCUT2D eigenvalue weighted by molar-refractivity contribution is 0.374. The van der Waals surface area contributed by atoms with Crippen molar-refractivity contribution in [3.05, 3.63) is 12.2 Å². The van der Waals surface area contributed by atoms with E-state index in [1.807, 2.05) is 11.7 Å². The number of rotatable bonds is 4. The van der Waals surface area contributed by atoms with E-state index < -0.39 is 0 Å². The van der Waals surface area contributed by atoms with E-state index in [9.17, 15) is 0 Å². The molecule has 0 spiro atoms. The van der Waals surface area contributed by atoms with Gasteiger partial charge in [0.05, 0.1) is 0 Å². The SMILES string of the molecule is Cn1ncnc1CCNC1CCCCC1. The van der Waals surface area contributed by atoms with E-state index in [2.05, 4.69) is 15.4 Å². The Kier molecular flexibility index (Phi) is 3.72. The fourth-order valence-corrected chi connectivity index (χ4v) is 2.24. The van der Waals surface area contributed by atoms with Gasteiger partial charge in [-0.1, -0.05) is 19.3 Å². The Hall–Kier alpha value is -0.900. The minimum Gasteiger partial charge on any atom is -0.314 e. The van der Waals surface area contributed by atoms with E-state index in [1.54, 1.807) is 6.33 Å². The first-order valence-corrected chi connectivity index (χ1v) is 5.92. The van der Waals surface area contributed by atoms with Crippen LogP contribution in [0.15, 0.2) is 6.33 Å². The van der Waals surface area contributed by atoms with Gasteiger partial charge in [-0.05, 0) is 12.8 Å². The van der Waals surface area contributed by atoms with Crippen molar-refractivity contribution >= 4 is 0 Å². The largest absolute Gasteiger partial charge is 0.314 e. The Morgan fingerprint density at radius 2 is 2.20 bits per heavy atom. The first-order chi connectivity index (χ1) is 7.36. The lowest BCUT2D eigenvalue weighted by Gasteiger charge is -2.22. The molecule has 15 heavy (non-hydrogen) atoms. The zero-order valence-corrected chi connectivity index (χ0v) is 9.45. The van der Waals surface area contributed by atoms with Crippen LogP contribution in [0.2, 0.25) is 0 Å². The highest BCUT2D eigenvalue weighted by molar-refractivity contribution is 4.85. The Morgan fingerprint density at radius 3 is 2.87 bits per heavy atom. The van der Waals surface area contributed by atoms with Crippen LogP contribution in [0.4, 0.5) is 0 Å². The summed E-state index contributed by atoms with van der Waals surface area (Å²) in [6.45, 7) is 1.02. The smallest absolute Gasteiger partial charge is 0.138 e. The van der Waals surface area contributed by atoms with Crippen molar-refractivity contribution in [3.63, 3.8) is 0 Å². The molecule has 84 valence electrons. The molecule has 0 aromatic carbocycles. The van der Waals surface area contributed by atoms with Gasteiger partial charge in [0.25, 0.3) is 0 Å². The van der Waals surface area contributed by atoms with Gasteiger partial charge in [-0.25, -0.2) is 4.98 Å². The maximum atomic E-state index is 4.21. The number of nitrogens with one attached hydrogen (secondary N) is 1. The second kappa shape index (κ2) is 5.26. The molecule has 4 heteroatoms. The topological polar surface area (TPSA) is 42.7 Å². The standard InChI is InChI=1S/C11H20N4/c1-15-11(13-9-14-15)7-8-12-10-5-3-2-4-6-10/h9-10,12H,2-8H2,1H3. The van der Waals surface area contributed by atoms with Gasteiger partial charge in [0.1, 0.15) is 12.2 Å². The Labute approximate surface area is 91.1 Å². The fourth-order valence-electron chi connectivity index (χ4n) is 2.24. The molecule has 0 saturated heterocycles. The summed E-state index contributed by atoms with van der Waals surface area (Å²) in [6.07, 6.45) is 9.49. The van der Waals surface area contributed by atoms with Crippen LogP contribution in [0, 0.1) is 0 Å². The van der Waals surface area contributed by atoms with Crippen LogP contribution in [0.25, 0.3) is 0 Å². The van der Waals surface area contributed by atoms with Gasteiger partial charge in [0.15, 0.2) is 0 Å². The van der Waals surface area contributed by atoms with Crippen LogP contribution < -0.4 is 5.32 Å². The molecule has 0 radical (unpaired) electrons. The normalized spacial score (nSPS) is 18.2. The predicted molar refractivity (Wildman–Crippen MR) is 59.6 cm³/mol. The third-order valence-corrected chi connectivity index (χ3v) is 3.19. The highest BCUT2D eigenvalue weighted by Crippen LogP contribution is 2.17. The van der Waals surface area contributed by atoms with Crippen molar-refractivity contribution in [2.75, 3.05) is 6.54 Å². The molecule has 0 bridgehead atoms. The summed E-state index contributed by atoms with van der Waals surface area (Å²) < 4.78 is 1.85. The molecule has 1 aromatic heterocycles. The summed E-state index contributed by atoms with van der Waals surface area (Å²) in [5.74, 6) is 1.07. The van der Waals surface area contributed by atoms with Crippen LogP contribution in [-0.2, 0) is 13.5 Å². The van der Waals surface area contributed by atoms with Gasteiger partial charge in [0.2, 0.25) is 0 Å². The molecule has 1 aromatic rings. The fraction of sp³-hybridized carbons (Fsp3) is 0.818. The summed E-state index contributed by atoms with van der Waals surface area (Å²) in [5, 5.41) is 7.67. The number of aryl methyl sites for hydroxylation is 1. The van der Waals surface area contributed by atoms with Crippen molar-refractivity contribution in [2.24, 2.45) is 7.05 Å². The summed E-state index contributed by atoms with van der Waals surface area (Å²) in [5.41, 5.74) is 0. The molecule has 1 fully saturated rings. The third kappa shape index (κ3) is 3.02. The molecule has 1 heterocycles. The molecule has 1 saturated carbocycles. The molecule has 0 atom stereocenters. The van der Waals surface area contributed by atoms with E-state index in [4.69, 9.17) is 0 Å². The number of hydrogen-bond donors (Lipinski definition) is 1. The van der Waals surface area contributed by atoms with Crippen LogP contribution in [0.1, 0.15) is 37.9 Å². The average Bonchev–Trinajstić information content (AvgIpc) is 2.66. The van der Waals surface area contributed by atoms with Crippen molar-refractivity contribution < 1.29 is 0 Å². The second-order valence-corrected chi connectivity index (χ2v) is 4.34. The van der Waals surface area contributed by atoms with Gasteiger partial charge >= 0.3 is 0 Å². The van der Waals surface area contributed by atoms with Crippen molar-refractivity contribution in [1.29, 1.82) is 0 Å². The van der Waals surface area contributed by atoms with Gasteiger partial charge in [0, 0.05) is 26.1 Å². The molecule has 0 amide bonds. The van der Waals surface area contributed by atoms with E-state index in [1.165, 1.54) is 32.1 Å². The van der Waals surface area contributed by atoms with Crippen LogP contribution in [-0.4, -0.2) is 27.4 Å². The maximum Gasteiger partial charge on any atom is 0.138 e. The van der Waals surface area contributed by atoms with E-state index in [0.717, 1.165) is 24.8 Å². The molecule has 1 aliphatic carbocycles. The van der Waals surface area contributed by atoms with Gasteiger partial charge in [-0.2, -0.15) is 5.10 Å².